The minimum Gasteiger partial charge on any atom is -0.477 e. The molecule has 1 rings (SSSR count). The number of carbonyl (C=O) groups is 2. The zero-order chi connectivity index (χ0) is 10.0. The Morgan fingerprint density at radius 3 is 2.62 bits per heavy atom. The van der Waals surface area contributed by atoms with E-state index in [1.165, 1.54) is 0 Å². The molecule has 0 radical (unpaired) electrons. The summed E-state index contributed by atoms with van der Waals surface area (Å²) in [6.07, 6.45) is 0.379. The Morgan fingerprint density at radius 1 is 1.69 bits per heavy atom. The minimum absolute atomic E-state index is 0.0316. The second-order valence-corrected chi connectivity index (χ2v) is 3.11. The van der Waals surface area contributed by atoms with Crippen LogP contribution >= 0.6 is 11.3 Å². The molecule has 0 saturated heterocycles. The van der Waals surface area contributed by atoms with Crippen molar-refractivity contribution in [3.8, 4) is 0 Å². The maximum Gasteiger partial charge on any atom is 0.343 e. The summed E-state index contributed by atoms with van der Waals surface area (Å²) < 4.78 is 0. The highest BCUT2D eigenvalue weighted by molar-refractivity contribution is 7.17. The summed E-state index contributed by atoms with van der Waals surface area (Å²) in [6, 6.07) is 0.984. The maximum atomic E-state index is 10.4. The third-order valence-corrected chi connectivity index (χ3v) is 2.26. The molecular weight excluding hydrogens is 198 g/mol. The number of hydrogen-bond donors (Lipinski definition) is 1. The number of nitrogens with zero attached hydrogens (tertiary/aromatic N) is 1. The highest BCUT2D eigenvalue weighted by Crippen LogP contribution is 2.28. The van der Waals surface area contributed by atoms with E-state index in [1.54, 1.807) is 0 Å². The Bertz CT molecular complexity index is 351. The van der Waals surface area contributed by atoms with Crippen molar-refractivity contribution in [2.45, 2.75) is 0 Å². The monoisotopic (exact) mass is 201 g/mol. The van der Waals surface area contributed by atoms with E-state index in [9.17, 15) is 19.7 Å². The second-order valence-electron chi connectivity index (χ2n) is 2.05. The van der Waals surface area contributed by atoms with Gasteiger partial charge in [0.05, 0.1) is 9.80 Å². The van der Waals surface area contributed by atoms with Crippen molar-refractivity contribution in [3.05, 3.63) is 26.6 Å². The van der Waals surface area contributed by atoms with Crippen molar-refractivity contribution in [2.75, 3.05) is 0 Å². The third kappa shape index (κ3) is 1.70. The summed E-state index contributed by atoms with van der Waals surface area (Å²) in [5.74, 6) is -1.41. The van der Waals surface area contributed by atoms with Gasteiger partial charge in [0.2, 0.25) is 0 Å². The third-order valence-electron chi connectivity index (χ3n) is 1.24. The van der Waals surface area contributed by atoms with Crippen LogP contribution in [-0.2, 0) is 0 Å². The van der Waals surface area contributed by atoms with E-state index in [1.807, 2.05) is 0 Å². The first kappa shape index (κ1) is 9.33. The van der Waals surface area contributed by atoms with Crippen molar-refractivity contribution in [1.29, 1.82) is 0 Å². The molecule has 0 spiro atoms. The fourth-order valence-corrected chi connectivity index (χ4v) is 1.53. The van der Waals surface area contributed by atoms with Gasteiger partial charge in [0.15, 0.2) is 6.29 Å². The largest absolute Gasteiger partial charge is 0.477 e. The van der Waals surface area contributed by atoms with Gasteiger partial charge in [0.1, 0.15) is 5.56 Å². The molecule has 0 bridgehead atoms. The summed E-state index contributed by atoms with van der Waals surface area (Å²) in [7, 11) is 0. The number of hydrogen-bond acceptors (Lipinski definition) is 5. The van der Waals surface area contributed by atoms with Crippen molar-refractivity contribution in [2.24, 2.45) is 0 Å². The molecule has 0 aliphatic carbocycles. The van der Waals surface area contributed by atoms with Gasteiger partial charge in [-0.2, -0.15) is 0 Å². The zero-order valence-corrected chi connectivity index (χ0v) is 6.91. The maximum absolute atomic E-state index is 10.4. The fourth-order valence-electron chi connectivity index (χ4n) is 0.747. The molecule has 0 fully saturated rings. The van der Waals surface area contributed by atoms with E-state index in [0.29, 0.717) is 17.6 Å². The molecule has 0 amide bonds. The smallest absolute Gasteiger partial charge is 0.343 e. The van der Waals surface area contributed by atoms with Crippen molar-refractivity contribution in [3.63, 3.8) is 0 Å². The number of aromatic carboxylic acids is 1. The van der Waals surface area contributed by atoms with Crippen LogP contribution in [0.1, 0.15) is 20.0 Å². The minimum atomic E-state index is -1.41. The Balaban J connectivity index is 3.31. The second kappa shape index (κ2) is 3.31. The molecule has 7 heteroatoms. The molecule has 0 aliphatic heterocycles. The summed E-state index contributed by atoms with van der Waals surface area (Å²) >= 11 is 0.548. The molecule has 1 N–H and O–H groups in total. The normalized spacial score (nSPS) is 9.54. The van der Waals surface area contributed by atoms with Crippen LogP contribution in [0.4, 0.5) is 5.00 Å². The van der Waals surface area contributed by atoms with E-state index >= 15 is 0 Å². The van der Waals surface area contributed by atoms with Gasteiger partial charge in [0, 0.05) is 0 Å². The topological polar surface area (TPSA) is 97.5 Å². The van der Waals surface area contributed by atoms with E-state index in [0.717, 1.165) is 6.07 Å². The molecule has 0 saturated carbocycles. The van der Waals surface area contributed by atoms with Crippen LogP contribution in [0.15, 0.2) is 6.07 Å². The lowest BCUT2D eigenvalue weighted by Gasteiger charge is -1.86. The molecule has 0 aromatic carbocycles. The first-order valence-corrected chi connectivity index (χ1v) is 3.84. The molecular formula is C6H3NO5S. The molecule has 1 heterocycles. The van der Waals surface area contributed by atoms with Gasteiger partial charge in [0.25, 0.3) is 0 Å². The Morgan fingerprint density at radius 2 is 2.31 bits per heavy atom. The van der Waals surface area contributed by atoms with Crippen molar-refractivity contribution >= 4 is 28.6 Å². The van der Waals surface area contributed by atoms with Gasteiger partial charge in [-0.3, -0.25) is 14.9 Å². The molecule has 0 aliphatic rings. The molecule has 1 aromatic rings. The molecule has 1 aromatic heterocycles. The van der Waals surface area contributed by atoms with E-state index in [4.69, 9.17) is 5.11 Å². The predicted molar refractivity (Wildman–Crippen MR) is 43.3 cm³/mol. The lowest BCUT2D eigenvalue weighted by molar-refractivity contribution is -0.380. The number of thiophene rings is 1. The number of rotatable bonds is 3. The number of nitro groups is 1. The summed E-state index contributed by atoms with van der Waals surface area (Å²) in [5.41, 5.74) is -0.447. The number of carboxylic acids is 1. The van der Waals surface area contributed by atoms with Crippen LogP contribution in [0, 0.1) is 10.1 Å². The molecule has 6 nitrogen and oxygen atoms in total. The number of carbonyl (C=O) groups excluding carboxylic acids is 1. The van der Waals surface area contributed by atoms with Crippen molar-refractivity contribution in [1.82, 2.24) is 0 Å². The van der Waals surface area contributed by atoms with Gasteiger partial charge >= 0.3 is 11.0 Å². The van der Waals surface area contributed by atoms with Gasteiger partial charge in [-0.25, -0.2) is 4.79 Å². The van der Waals surface area contributed by atoms with Gasteiger partial charge in [-0.05, 0) is 6.07 Å². The first-order chi connectivity index (χ1) is 6.06. The van der Waals surface area contributed by atoms with Crippen LogP contribution in [-0.4, -0.2) is 22.3 Å². The Hall–Kier alpha value is -1.76. The van der Waals surface area contributed by atoms with E-state index in [2.05, 4.69) is 0 Å². The van der Waals surface area contributed by atoms with Crippen LogP contribution in [0.5, 0.6) is 0 Å². The average molecular weight is 201 g/mol. The van der Waals surface area contributed by atoms with Crippen molar-refractivity contribution < 1.29 is 19.6 Å². The number of aldehydes is 1. The van der Waals surface area contributed by atoms with Crippen LogP contribution in [0.25, 0.3) is 0 Å². The summed E-state index contributed by atoms with van der Waals surface area (Å²) in [5, 5.41) is 18.3. The lowest BCUT2D eigenvalue weighted by Crippen LogP contribution is -1.98. The molecule has 68 valence electrons. The first-order valence-electron chi connectivity index (χ1n) is 3.03. The van der Waals surface area contributed by atoms with Crippen LogP contribution < -0.4 is 0 Å². The molecule has 0 atom stereocenters. The summed E-state index contributed by atoms with van der Waals surface area (Å²) in [6.45, 7) is 0. The van der Waals surface area contributed by atoms with Crippen LogP contribution in [0.3, 0.4) is 0 Å². The Kier molecular flexibility index (Phi) is 2.38. The van der Waals surface area contributed by atoms with Gasteiger partial charge in [-0.15, -0.1) is 0 Å². The highest BCUT2D eigenvalue weighted by atomic mass is 32.1. The standard InChI is InChI=1S/C6H3NO5S/c8-2-3-1-4(6(9)10)5(13-3)7(11)12/h1-2H,(H,9,10). The van der Waals surface area contributed by atoms with E-state index < -0.39 is 21.5 Å². The zero-order valence-electron chi connectivity index (χ0n) is 6.09. The molecule has 13 heavy (non-hydrogen) atoms. The SMILES string of the molecule is O=Cc1cc(C(=O)O)c([N+](=O)[O-])s1. The Labute approximate surface area is 75.6 Å². The average Bonchev–Trinajstić information content (AvgIpc) is 2.47. The number of carboxylic acid groups (broad SMARTS) is 1. The lowest BCUT2D eigenvalue weighted by atomic mass is 10.3. The quantitative estimate of drug-likeness (QED) is 0.449. The van der Waals surface area contributed by atoms with E-state index in [-0.39, 0.29) is 4.88 Å². The van der Waals surface area contributed by atoms with Gasteiger partial charge < -0.3 is 5.11 Å². The van der Waals surface area contributed by atoms with Crippen LogP contribution in [0.2, 0.25) is 0 Å². The highest BCUT2D eigenvalue weighted by Gasteiger charge is 2.23. The summed E-state index contributed by atoms with van der Waals surface area (Å²) in [4.78, 5) is 30.2. The predicted octanol–water partition coefficient (Wildman–Crippen LogP) is 1.17. The molecule has 0 unspecified atom stereocenters. The van der Waals surface area contributed by atoms with Gasteiger partial charge in [-0.1, -0.05) is 11.3 Å². The fraction of sp³-hybridized carbons (Fsp3) is 0.